The summed E-state index contributed by atoms with van der Waals surface area (Å²) in [5.41, 5.74) is 1.88. The van der Waals surface area contributed by atoms with Gasteiger partial charge in [-0.25, -0.2) is 0 Å². The van der Waals surface area contributed by atoms with Crippen LogP contribution >= 0.6 is 31.9 Å². The summed E-state index contributed by atoms with van der Waals surface area (Å²) >= 11 is 6.78. The fraction of sp³-hybridized carbons (Fsp3) is 0.222. The van der Waals surface area contributed by atoms with E-state index in [1.807, 2.05) is 18.2 Å². The van der Waals surface area contributed by atoms with Crippen LogP contribution in [0.3, 0.4) is 0 Å². The number of benzene rings is 1. The zero-order valence-electron chi connectivity index (χ0n) is 6.30. The largest absolute Gasteiger partial charge is 0.192 e. The number of hydrogen-bond donors (Lipinski definition) is 0. The minimum atomic E-state index is 0.277. The maximum absolute atomic E-state index is 8.62. The second-order valence-corrected chi connectivity index (χ2v) is 5.85. The monoisotopic (exact) mass is 287 g/mol. The van der Waals surface area contributed by atoms with Crippen LogP contribution in [0.2, 0.25) is 0 Å². The van der Waals surface area contributed by atoms with Crippen LogP contribution in [0, 0.1) is 11.3 Å². The molecule has 0 bridgehead atoms. The molecule has 0 amide bonds. The van der Waals surface area contributed by atoms with E-state index in [0.29, 0.717) is 5.56 Å². The van der Waals surface area contributed by atoms with Crippen molar-refractivity contribution in [3.8, 4) is 6.07 Å². The van der Waals surface area contributed by atoms with E-state index in [4.69, 9.17) is 5.26 Å². The highest BCUT2D eigenvalue weighted by atomic mass is 79.9. The van der Waals surface area contributed by atoms with Gasteiger partial charge in [-0.2, -0.15) is 5.26 Å². The summed E-state index contributed by atoms with van der Waals surface area (Å²) in [6.07, 6.45) is 0.884. The molecule has 12 heavy (non-hydrogen) atoms. The average molecular weight is 289 g/mol. The zero-order valence-corrected chi connectivity index (χ0v) is 9.47. The normalized spacial score (nSPS) is 9.83. The van der Waals surface area contributed by atoms with Gasteiger partial charge in [-0.15, -0.1) is 0 Å². The molecule has 0 fully saturated rings. The van der Waals surface area contributed by atoms with Crippen molar-refractivity contribution in [2.75, 3.05) is 0 Å². The van der Waals surface area contributed by atoms with Gasteiger partial charge in [-0.1, -0.05) is 44.0 Å². The Balaban J connectivity index is 2.81. The van der Waals surface area contributed by atoms with Crippen molar-refractivity contribution in [1.82, 2.24) is 0 Å². The van der Waals surface area contributed by atoms with Gasteiger partial charge in [-0.05, 0) is 24.1 Å². The van der Waals surface area contributed by atoms with Crippen LogP contribution in [0.1, 0.15) is 11.1 Å². The Morgan fingerprint density at radius 3 is 2.75 bits per heavy atom. The quantitative estimate of drug-likeness (QED) is 0.767. The molecule has 0 aliphatic rings. The van der Waals surface area contributed by atoms with E-state index in [1.54, 1.807) is 6.07 Å². The van der Waals surface area contributed by atoms with Gasteiger partial charge in [0.1, 0.15) is 0 Å². The number of halogens is 2. The molecule has 1 nitrogen and oxygen atoms in total. The average Bonchev–Trinajstić information content (AvgIpc) is 2.03. The van der Waals surface area contributed by atoms with Crippen LogP contribution in [-0.4, -0.2) is 3.74 Å². The summed E-state index contributed by atoms with van der Waals surface area (Å²) in [6, 6.07) is 9.72. The van der Waals surface area contributed by atoms with E-state index < -0.39 is 0 Å². The smallest absolute Gasteiger partial charge is 0.0991 e. The molecule has 1 aromatic rings. The summed E-state index contributed by atoms with van der Waals surface area (Å²) in [4.78, 5) is 0. The molecule has 0 spiro atoms. The van der Waals surface area contributed by atoms with Crippen LogP contribution in [0.5, 0.6) is 0 Å². The zero-order chi connectivity index (χ0) is 8.97. The Hall–Kier alpha value is -0.330. The Morgan fingerprint density at radius 1 is 1.42 bits per heavy atom. The first-order valence-corrected chi connectivity index (χ1v) is 5.32. The third-order valence-corrected chi connectivity index (χ3v) is 2.09. The molecule has 0 aromatic heterocycles. The van der Waals surface area contributed by atoms with Crippen molar-refractivity contribution >= 4 is 31.9 Å². The molecule has 1 rings (SSSR count). The number of nitrogens with zero attached hydrogens (tertiary/aromatic N) is 1. The lowest BCUT2D eigenvalue weighted by Gasteiger charge is -2.01. The lowest BCUT2D eigenvalue weighted by atomic mass is 10.1. The molecule has 0 radical (unpaired) electrons. The van der Waals surface area contributed by atoms with Gasteiger partial charge in [0.05, 0.1) is 15.4 Å². The Bertz CT molecular complexity index is 302. The van der Waals surface area contributed by atoms with Gasteiger partial charge in [0.25, 0.3) is 0 Å². The third kappa shape index (κ3) is 2.96. The first-order chi connectivity index (χ1) is 5.72. The Labute approximate surface area is 88.7 Å². The van der Waals surface area contributed by atoms with Gasteiger partial charge in [0.15, 0.2) is 0 Å². The minimum absolute atomic E-state index is 0.277. The highest BCUT2D eigenvalue weighted by molar-refractivity contribution is 9.24. The van der Waals surface area contributed by atoms with Crippen LogP contribution in [0.25, 0.3) is 0 Å². The molecule has 0 aliphatic carbocycles. The summed E-state index contributed by atoms with van der Waals surface area (Å²) < 4.78 is 0.277. The van der Waals surface area contributed by atoms with Gasteiger partial charge in [-0.3, -0.25) is 0 Å². The molecule has 0 saturated carbocycles. The predicted molar refractivity (Wildman–Crippen MR) is 56.5 cm³/mol. The summed E-state index contributed by atoms with van der Waals surface area (Å²) in [6.45, 7) is 0. The van der Waals surface area contributed by atoms with Crippen molar-refractivity contribution in [1.29, 1.82) is 5.26 Å². The SMILES string of the molecule is N#Cc1cccc(CC(Br)Br)c1. The Morgan fingerprint density at radius 2 is 2.17 bits per heavy atom. The van der Waals surface area contributed by atoms with Gasteiger partial charge >= 0.3 is 0 Å². The van der Waals surface area contributed by atoms with E-state index in [1.165, 1.54) is 0 Å². The predicted octanol–water partition coefficient (Wildman–Crippen LogP) is 3.22. The maximum atomic E-state index is 8.62. The third-order valence-electron chi connectivity index (χ3n) is 1.45. The number of nitriles is 1. The highest BCUT2D eigenvalue weighted by Gasteiger charge is 2.00. The van der Waals surface area contributed by atoms with Crippen LogP contribution in [-0.2, 0) is 6.42 Å². The van der Waals surface area contributed by atoms with E-state index in [-0.39, 0.29) is 3.74 Å². The molecular weight excluding hydrogens is 282 g/mol. The molecule has 0 unspecified atom stereocenters. The van der Waals surface area contributed by atoms with E-state index >= 15 is 0 Å². The molecule has 3 heteroatoms. The summed E-state index contributed by atoms with van der Waals surface area (Å²) in [5, 5.41) is 8.62. The second-order valence-electron chi connectivity index (χ2n) is 2.41. The minimum Gasteiger partial charge on any atom is -0.192 e. The van der Waals surface area contributed by atoms with Crippen molar-refractivity contribution in [3.05, 3.63) is 35.4 Å². The molecule has 62 valence electrons. The van der Waals surface area contributed by atoms with Crippen molar-refractivity contribution in [2.45, 2.75) is 10.2 Å². The molecule has 0 heterocycles. The first kappa shape index (κ1) is 9.76. The molecule has 0 saturated heterocycles. The first-order valence-electron chi connectivity index (χ1n) is 3.49. The highest BCUT2D eigenvalue weighted by Crippen LogP contribution is 2.15. The second kappa shape index (κ2) is 4.64. The van der Waals surface area contributed by atoms with Crippen LogP contribution in [0.4, 0.5) is 0 Å². The van der Waals surface area contributed by atoms with Crippen molar-refractivity contribution in [2.24, 2.45) is 0 Å². The fourth-order valence-corrected chi connectivity index (χ4v) is 1.69. The van der Waals surface area contributed by atoms with E-state index in [2.05, 4.69) is 37.9 Å². The van der Waals surface area contributed by atoms with Crippen LogP contribution < -0.4 is 0 Å². The standard InChI is InChI=1S/C9H7Br2N/c10-9(11)5-7-2-1-3-8(4-7)6-12/h1-4,9H,5H2. The molecule has 0 aliphatic heterocycles. The molecule has 1 aromatic carbocycles. The summed E-state index contributed by atoms with van der Waals surface area (Å²) in [7, 11) is 0. The number of rotatable bonds is 2. The van der Waals surface area contributed by atoms with Crippen LogP contribution in [0.15, 0.2) is 24.3 Å². The summed E-state index contributed by atoms with van der Waals surface area (Å²) in [5.74, 6) is 0. The fourth-order valence-electron chi connectivity index (χ4n) is 0.946. The van der Waals surface area contributed by atoms with Gasteiger partial charge in [0, 0.05) is 0 Å². The van der Waals surface area contributed by atoms with Gasteiger partial charge in [0.2, 0.25) is 0 Å². The lowest BCUT2D eigenvalue weighted by Crippen LogP contribution is -1.92. The van der Waals surface area contributed by atoms with E-state index in [9.17, 15) is 0 Å². The molecule has 0 atom stereocenters. The van der Waals surface area contributed by atoms with Crippen molar-refractivity contribution in [3.63, 3.8) is 0 Å². The molecule has 0 N–H and O–H groups in total. The maximum Gasteiger partial charge on any atom is 0.0991 e. The number of hydrogen-bond acceptors (Lipinski definition) is 1. The van der Waals surface area contributed by atoms with Crippen molar-refractivity contribution < 1.29 is 0 Å². The lowest BCUT2D eigenvalue weighted by molar-refractivity contribution is 1.13. The Kier molecular flexibility index (Phi) is 3.77. The topological polar surface area (TPSA) is 23.8 Å². The molecular formula is C9H7Br2N. The van der Waals surface area contributed by atoms with Gasteiger partial charge < -0.3 is 0 Å². The number of alkyl halides is 2. The van der Waals surface area contributed by atoms with E-state index in [0.717, 1.165) is 12.0 Å².